The quantitative estimate of drug-likeness (QED) is 0.703. The molecular formula is C20H24N2O5S2. The van der Waals surface area contributed by atoms with Crippen molar-refractivity contribution in [2.24, 2.45) is 5.92 Å². The Morgan fingerprint density at radius 1 is 1.14 bits per heavy atom. The van der Waals surface area contributed by atoms with Crippen molar-refractivity contribution in [1.82, 2.24) is 4.31 Å². The molecule has 1 aliphatic rings. The minimum absolute atomic E-state index is 0.259. The molecule has 7 nitrogen and oxygen atoms in total. The summed E-state index contributed by atoms with van der Waals surface area (Å²) < 4.78 is 31.9. The molecule has 1 aromatic carbocycles. The predicted molar refractivity (Wildman–Crippen MR) is 111 cm³/mol. The van der Waals surface area contributed by atoms with Crippen LogP contribution in [0.15, 0.2) is 39.9 Å². The first kappa shape index (κ1) is 21.5. The van der Waals surface area contributed by atoms with Gasteiger partial charge in [0.2, 0.25) is 0 Å². The SMILES string of the molecule is Cc1cccc(C)c1NC(=O)COC(=O)C1CCN(S(=O)(=O)c2cccs2)CC1. The average molecular weight is 437 g/mol. The highest BCUT2D eigenvalue weighted by Gasteiger charge is 2.33. The number of hydrogen-bond acceptors (Lipinski definition) is 6. The van der Waals surface area contributed by atoms with E-state index in [4.69, 9.17) is 4.74 Å². The summed E-state index contributed by atoms with van der Waals surface area (Å²) in [5.74, 6) is -1.26. The zero-order chi connectivity index (χ0) is 21.0. The van der Waals surface area contributed by atoms with Gasteiger partial charge in [0.1, 0.15) is 4.21 Å². The molecule has 9 heteroatoms. The van der Waals surface area contributed by atoms with E-state index in [1.807, 2.05) is 32.0 Å². The number of rotatable bonds is 6. The summed E-state index contributed by atoms with van der Waals surface area (Å²) in [7, 11) is -3.50. The van der Waals surface area contributed by atoms with Crippen LogP contribution in [0.4, 0.5) is 5.69 Å². The minimum atomic E-state index is -3.50. The molecule has 0 atom stereocenters. The Morgan fingerprint density at radius 2 is 1.79 bits per heavy atom. The first-order valence-electron chi connectivity index (χ1n) is 9.35. The van der Waals surface area contributed by atoms with Crippen molar-refractivity contribution in [2.45, 2.75) is 30.9 Å². The fourth-order valence-corrected chi connectivity index (χ4v) is 5.93. The fraction of sp³-hybridized carbons (Fsp3) is 0.400. The van der Waals surface area contributed by atoms with Crippen molar-refractivity contribution in [3.8, 4) is 0 Å². The van der Waals surface area contributed by atoms with Gasteiger partial charge in [-0.3, -0.25) is 9.59 Å². The molecule has 1 fully saturated rings. The van der Waals surface area contributed by atoms with Crippen LogP contribution in [0.1, 0.15) is 24.0 Å². The summed E-state index contributed by atoms with van der Waals surface area (Å²) in [6.45, 7) is 3.95. The van der Waals surface area contributed by atoms with Crippen LogP contribution in [0.2, 0.25) is 0 Å². The highest BCUT2D eigenvalue weighted by atomic mass is 32.2. The van der Waals surface area contributed by atoms with Gasteiger partial charge in [0.15, 0.2) is 6.61 Å². The topological polar surface area (TPSA) is 92.8 Å². The highest BCUT2D eigenvalue weighted by Crippen LogP contribution is 2.27. The molecule has 1 saturated heterocycles. The Balaban J connectivity index is 1.48. The second-order valence-corrected chi connectivity index (χ2v) is 10.1. The largest absolute Gasteiger partial charge is 0.455 e. The summed E-state index contributed by atoms with van der Waals surface area (Å²) >= 11 is 1.18. The lowest BCUT2D eigenvalue weighted by atomic mass is 9.98. The summed E-state index contributed by atoms with van der Waals surface area (Å²) in [5.41, 5.74) is 2.59. The van der Waals surface area contributed by atoms with E-state index in [9.17, 15) is 18.0 Å². The third-order valence-electron chi connectivity index (χ3n) is 4.97. The Bertz CT molecular complexity index is 958. The van der Waals surface area contributed by atoms with Gasteiger partial charge >= 0.3 is 5.97 Å². The standard InChI is InChI=1S/C20H24N2O5S2/c1-14-5-3-6-15(2)19(14)21-17(23)13-27-20(24)16-8-10-22(11-9-16)29(25,26)18-7-4-12-28-18/h3-7,12,16H,8-11,13H2,1-2H3,(H,21,23). The van der Waals surface area contributed by atoms with E-state index >= 15 is 0 Å². The van der Waals surface area contributed by atoms with E-state index in [0.29, 0.717) is 17.1 Å². The van der Waals surface area contributed by atoms with Gasteiger partial charge in [-0.05, 0) is 49.3 Å². The summed E-state index contributed by atoms with van der Waals surface area (Å²) in [4.78, 5) is 24.5. The number of piperidine rings is 1. The average Bonchev–Trinajstić information content (AvgIpc) is 3.25. The second-order valence-electron chi connectivity index (χ2n) is 7.03. The summed E-state index contributed by atoms with van der Waals surface area (Å²) in [5, 5.41) is 4.50. The fourth-order valence-electron chi connectivity index (χ4n) is 3.31. The van der Waals surface area contributed by atoms with E-state index in [1.54, 1.807) is 17.5 Å². The smallest absolute Gasteiger partial charge is 0.309 e. The van der Waals surface area contributed by atoms with Gasteiger partial charge in [-0.15, -0.1) is 11.3 Å². The van der Waals surface area contributed by atoms with Gasteiger partial charge < -0.3 is 10.1 Å². The summed E-state index contributed by atoms with van der Waals surface area (Å²) in [6.07, 6.45) is 0.754. The number of carbonyl (C=O) groups is 2. The number of nitrogens with zero attached hydrogens (tertiary/aromatic N) is 1. The van der Waals surface area contributed by atoms with Crippen molar-refractivity contribution in [3.63, 3.8) is 0 Å². The van der Waals surface area contributed by atoms with Crippen LogP contribution in [0.3, 0.4) is 0 Å². The molecule has 1 aromatic heterocycles. The molecular weight excluding hydrogens is 412 g/mol. The lowest BCUT2D eigenvalue weighted by Crippen LogP contribution is -2.40. The molecule has 2 heterocycles. The number of amides is 1. The van der Waals surface area contributed by atoms with Gasteiger partial charge in [0.05, 0.1) is 5.92 Å². The number of thiophene rings is 1. The van der Waals surface area contributed by atoms with Crippen molar-refractivity contribution in [3.05, 3.63) is 46.8 Å². The normalized spacial score (nSPS) is 15.8. The number of ether oxygens (including phenoxy) is 1. The zero-order valence-electron chi connectivity index (χ0n) is 16.4. The first-order valence-corrected chi connectivity index (χ1v) is 11.7. The molecule has 0 spiro atoms. The van der Waals surface area contributed by atoms with Crippen LogP contribution in [-0.2, 0) is 24.3 Å². The Morgan fingerprint density at radius 3 is 2.38 bits per heavy atom. The molecule has 1 amide bonds. The van der Waals surface area contributed by atoms with Gasteiger partial charge in [0, 0.05) is 18.8 Å². The van der Waals surface area contributed by atoms with E-state index < -0.39 is 27.8 Å². The van der Waals surface area contributed by atoms with Gasteiger partial charge in [0.25, 0.3) is 15.9 Å². The molecule has 156 valence electrons. The molecule has 0 aliphatic carbocycles. The molecule has 2 aromatic rings. The van der Waals surface area contributed by atoms with Gasteiger partial charge in [-0.25, -0.2) is 8.42 Å². The maximum absolute atomic E-state index is 12.5. The number of esters is 1. The van der Waals surface area contributed by atoms with E-state index in [-0.39, 0.29) is 19.7 Å². The molecule has 3 rings (SSSR count). The van der Waals surface area contributed by atoms with E-state index in [0.717, 1.165) is 16.8 Å². The third kappa shape index (κ3) is 5.04. The van der Waals surface area contributed by atoms with Crippen molar-refractivity contribution in [1.29, 1.82) is 0 Å². The Hall–Kier alpha value is -2.23. The van der Waals surface area contributed by atoms with Crippen LogP contribution in [0.25, 0.3) is 0 Å². The number of aryl methyl sites for hydroxylation is 2. The molecule has 29 heavy (non-hydrogen) atoms. The monoisotopic (exact) mass is 436 g/mol. The van der Waals surface area contributed by atoms with Crippen molar-refractivity contribution >= 4 is 38.9 Å². The number of nitrogens with one attached hydrogen (secondary N) is 1. The van der Waals surface area contributed by atoms with E-state index in [1.165, 1.54) is 15.6 Å². The first-order chi connectivity index (χ1) is 13.8. The summed E-state index contributed by atoms with van der Waals surface area (Å²) in [6, 6.07) is 8.98. The second kappa shape index (κ2) is 9.06. The van der Waals surface area contributed by atoms with Gasteiger partial charge in [-0.2, -0.15) is 4.31 Å². The number of anilines is 1. The number of carbonyl (C=O) groups excluding carboxylic acids is 2. The molecule has 0 saturated carbocycles. The zero-order valence-corrected chi connectivity index (χ0v) is 18.0. The van der Waals surface area contributed by atoms with Crippen LogP contribution in [-0.4, -0.2) is 44.3 Å². The van der Waals surface area contributed by atoms with Crippen molar-refractivity contribution in [2.75, 3.05) is 25.0 Å². The van der Waals surface area contributed by atoms with Gasteiger partial charge in [-0.1, -0.05) is 24.3 Å². The highest BCUT2D eigenvalue weighted by molar-refractivity contribution is 7.91. The Kier molecular flexibility index (Phi) is 6.71. The maximum atomic E-state index is 12.5. The van der Waals surface area contributed by atoms with Crippen LogP contribution in [0, 0.1) is 19.8 Å². The Labute approximate surface area is 174 Å². The molecule has 0 unspecified atom stereocenters. The predicted octanol–water partition coefficient (Wildman–Crippen LogP) is 2.95. The molecule has 1 aliphatic heterocycles. The lowest BCUT2D eigenvalue weighted by molar-refractivity contribution is -0.152. The van der Waals surface area contributed by atoms with Crippen LogP contribution >= 0.6 is 11.3 Å². The minimum Gasteiger partial charge on any atom is -0.455 e. The number of benzene rings is 1. The third-order valence-corrected chi connectivity index (χ3v) is 8.24. The van der Waals surface area contributed by atoms with Crippen LogP contribution < -0.4 is 5.32 Å². The van der Waals surface area contributed by atoms with Crippen LogP contribution in [0.5, 0.6) is 0 Å². The maximum Gasteiger partial charge on any atom is 0.309 e. The molecule has 0 radical (unpaired) electrons. The number of sulfonamides is 1. The van der Waals surface area contributed by atoms with Crippen molar-refractivity contribution < 1.29 is 22.7 Å². The molecule has 1 N–H and O–H groups in total. The number of para-hydroxylation sites is 1. The molecule has 0 bridgehead atoms. The lowest BCUT2D eigenvalue weighted by Gasteiger charge is -2.29. The number of hydrogen-bond donors (Lipinski definition) is 1. The van der Waals surface area contributed by atoms with E-state index in [2.05, 4.69) is 5.32 Å².